The summed E-state index contributed by atoms with van der Waals surface area (Å²) < 4.78 is 36.5. The predicted octanol–water partition coefficient (Wildman–Crippen LogP) is -0.116. The van der Waals surface area contributed by atoms with Crippen molar-refractivity contribution in [2.75, 3.05) is 5.73 Å². The first kappa shape index (κ1) is 16.7. The fraction of sp³-hybridized carbons (Fsp3) is 0.250. The highest BCUT2D eigenvalue weighted by atomic mass is 32.2. The van der Waals surface area contributed by atoms with Crippen LogP contribution in [0.4, 0.5) is 5.69 Å². The molecule has 1 aliphatic rings. The molecule has 10 nitrogen and oxygen atoms in total. The van der Waals surface area contributed by atoms with E-state index in [0.29, 0.717) is 5.06 Å². The van der Waals surface area contributed by atoms with Gasteiger partial charge >= 0.3 is 5.97 Å². The molecule has 23 heavy (non-hydrogen) atoms. The van der Waals surface area contributed by atoms with Gasteiger partial charge in [-0.1, -0.05) is 0 Å². The molecule has 0 atom stereocenters. The molecule has 2 rings (SSSR count). The standard InChI is InChI=1S/C12H12N2O8S/c1-6(15)21-8-4-7(13)10(23(18,19)20)5-9(8)22-14-11(16)2-3-12(14)17/h4-5H,2-3,13H2,1H3,(H,18,19,20). The molecular weight excluding hydrogens is 332 g/mol. The Morgan fingerprint density at radius 3 is 2.26 bits per heavy atom. The quantitative estimate of drug-likeness (QED) is 0.250. The minimum atomic E-state index is -4.70. The molecule has 0 radical (unpaired) electrons. The van der Waals surface area contributed by atoms with Crippen LogP contribution in [0.25, 0.3) is 0 Å². The molecule has 11 heteroatoms. The van der Waals surface area contributed by atoms with E-state index in [1.807, 2.05) is 0 Å². The van der Waals surface area contributed by atoms with E-state index in [1.165, 1.54) is 0 Å². The van der Waals surface area contributed by atoms with Crippen molar-refractivity contribution < 1.29 is 36.9 Å². The van der Waals surface area contributed by atoms with Gasteiger partial charge in [-0.05, 0) is 0 Å². The van der Waals surface area contributed by atoms with Crippen molar-refractivity contribution >= 4 is 33.6 Å². The summed E-state index contributed by atoms with van der Waals surface area (Å²) in [5, 5.41) is 0.423. The van der Waals surface area contributed by atoms with E-state index in [2.05, 4.69) is 0 Å². The number of hydroxylamine groups is 2. The van der Waals surface area contributed by atoms with Crippen LogP contribution in [0.15, 0.2) is 17.0 Å². The number of esters is 1. The average Bonchev–Trinajstić information content (AvgIpc) is 2.71. The molecule has 0 aliphatic carbocycles. The molecule has 124 valence electrons. The molecule has 1 saturated heterocycles. The van der Waals surface area contributed by atoms with Gasteiger partial charge in [-0.2, -0.15) is 8.42 Å². The Morgan fingerprint density at radius 2 is 1.78 bits per heavy atom. The molecule has 1 aromatic carbocycles. The maximum Gasteiger partial charge on any atom is 0.308 e. The molecule has 0 saturated carbocycles. The SMILES string of the molecule is CC(=O)Oc1cc(N)c(S(=O)(=O)O)cc1ON1C(=O)CCC1=O. The van der Waals surface area contributed by atoms with Crippen molar-refractivity contribution in [1.29, 1.82) is 0 Å². The highest BCUT2D eigenvalue weighted by molar-refractivity contribution is 7.86. The van der Waals surface area contributed by atoms with Crippen LogP contribution in [0, 0.1) is 0 Å². The smallest absolute Gasteiger partial charge is 0.308 e. The third-order valence-corrected chi connectivity index (χ3v) is 3.71. The summed E-state index contributed by atoms with van der Waals surface area (Å²) in [5.41, 5.74) is 5.07. The van der Waals surface area contributed by atoms with E-state index in [9.17, 15) is 22.8 Å². The van der Waals surface area contributed by atoms with E-state index >= 15 is 0 Å². The maximum atomic E-state index is 11.6. The molecule has 1 fully saturated rings. The number of rotatable bonds is 4. The van der Waals surface area contributed by atoms with E-state index in [1.54, 1.807) is 0 Å². The summed E-state index contributed by atoms with van der Waals surface area (Å²) in [6, 6.07) is 1.67. The molecule has 2 amide bonds. The van der Waals surface area contributed by atoms with Gasteiger partial charge in [0.05, 0.1) is 5.69 Å². The molecule has 1 heterocycles. The molecule has 0 aromatic heterocycles. The van der Waals surface area contributed by atoms with Gasteiger partial charge in [0.2, 0.25) is 0 Å². The Kier molecular flexibility index (Phi) is 4.25. The molecule has 1 aromatic rings. The molecule has 0 unspecified atom stereocenters. The Morgan fingerprint density at radius 1 is 1.22 bits per heavy atom. The van der Waals surface area contributed by atoms with Crippen molar-refractivity contribution in [3.05, 3.63) is 12.1 Å². The Labute approximate surface area is 130 Å². The van der Waals surface area contributed by atoms with Crippen LogP contribution in [0.2, 0.25) is 0 Å². The number of carbonyl (C=O) groups is 3. The van der Waals surface area contributed by atoms with Gasteiger partial charge in [0, 0.05) is 31.9 Å². The lowest BCUT2D eigenvalue weighted by atomic mass is 10.3. The fourth-order valence-electron chi connectivity index (χ4n) is 1.84. The van der Waals surface area contributed by atoms with Gasteiger partial charge in [-0.25, -0.2) is 0 Å². The largest absolute Gasteiger partial charge is 0.423 e. The lowest BCUT2D eigenvalue weighted by molar-refractivity contribution is -0.164. The van der Waals surface area contributed by atoms with Gasteiger partial charge in [0.15, 0.2) is 11.5 Å². The Hall–Kier alpha value is -2.66. The minimum absolute atomic E-state index is 0.0676. The maximum absolute atomic E-state index is 11.6. The lowest BCUT2D eigenvalue weighted by Crippen LogP contribution is -2.32. The number of hydrogen-bond acceptors (Lipinski definition) is 8. The zero-order valence-corrected chi connectivity index (χ0v) is 12.6. The van der Waals surface area contributed by atoms with E-state index in [0.717, 1.165) is 19.1 Å². The highest BCUT2D eigenvalue weighted by Crippen LogP contribution is 2.36. The van der Waals surface area contributed by atoms with Crippen LogP contribution in [-0.4, -0.2) is 35.8 Å². The van der Waals surface area contributed by atoms with Crippen molar-refractivity contribution in [3.8, 4) is 11.5 Å². The van der Waals surface area contributed by atoms with Gasteiger partial charge in [0.25, 0.3) is 21.9 Å². The molecule has 1 aliphatic heterocycles. The van der Waals surface area contributed by atoms with Crippen LogP contribution in [0.3, 0.4) is 0 Å². The van der Waals surface area contributed by atoms with Crippen LogP contribution < -0.4 is 15.3 Å². The second-order valence-corrected chi connectivity index (χ2v) is 5.97. The number of hydrogen-bond donors (Lipinski definition) is 2. The average molecular weight is 344 g/mol. The number of amides is 2. The zero-order valence-electron chi connectivity index (χ0n) is 11.8. The number of nitrogen functional groups attached to an aromatic ring is 1. The Bertz CT molecular complexity index is 786. The van der Waals surface area contributed by atoms with Gasteiger partial charge in [-0.3, -0.25) is 18.9 Å². The van der Waals surface area contributed by atoms with Crippen molar-refractivity contribution in [2.24, 2.45) is 0 Å². The van der Waals surface area contributed by atoms with E-state index < -0.39 is 44.2 Å². The second-order valence-electron chi connectivity index (χ2n) is 4.58. The molecular formula is C12H12N2O8S. The first-order valence-corrected chi connectivity index (χ1v) is 7.67. The van der Waals surface area contributed by atoms with Crippen molar-refractivity contribution in [2.45, 2.75) is 24.7 Å². The summed E-state index contributed by atoms with van der Waals surface area (Å²) in [4.78, 5) is 38.5. The third-order valence-electron chi connectivity index (χ3n) is 2.80. The minimum Gasteiger partial charge on any atom is -0.423 e. The van der Waals surface area contributed by atoms with Gasteiger partial charge in [-0.15, -0.1) is 5.06 Å². The van der Waals surface area contributed by atoms with Crippen molar-refractivity contribution in [3.63, 3.8) is 0 Å². The Balaban J connectivity index is 2.51. The molecule has 0 spiro atoms. The number of anilines is 1. The monoisotopic (exact) mass is 344 g/mol. The number of imide groups is 1. The van der Waals surface area contributed by atoms with Crippen molar-refractivity contribution in [1.82, 2.24) is 5.06 Å². The summed E-state index contributed by atoms with van der Waals surface area (Å²) in [6.07, 6.45) is -0.135. The summed E-state index contributed by atoms with van der Waals surface area (Å²) >= 11 is 0. The van der Waals surface area contributed by atoms with E-state index in [-0.39, 0.29) is 18.6 Å². The number of benzene rings is 1. The molecule has 0 bridgehead atoms. The van der Waals surface area contributed by atoms with Crippen LogP contribution in [-0.2, 0) is 24.5 Å². The van der Waals surface area contributed by atoms with Crippen LogP contribution >= 0.6 is 0 Å². The normalized spacial score (nSPS) is 15.0. The van der Waals surface area contributed by atoms with E-state index in [4.69, 9.17) is 19.9 Å². The number of nitrogens with two attached hydrogens (primary N) is 1. The fourth-order valence-corrected chi connectivity index (χ4v) is 2.46. The number of carbonyl (C=O) groups excluding carboxylic acids is 3. The van der Waals surface area contributed by atoms with Gasteiger partial charge in [0.1, 0.15) is 4.90 Å². The summed E-state index contributed by atoms with van der Waals surface area (Å²) in [7, 11) is -4.70. The second kappa shape index (κ2) is 5.85. The number of nitrogens with zero attached hydrogens (tertiary/aromatic N) is 1. The zero-order chi connectivity index (χ0) is 17.4. The highest BCUT2D eigenvalue weighted by Gasteiger charge is 2.33. The topological polar surface area (TPSA) is 153 Å². The molecule has 3 N–H and O–H groups in total. The van der Waals surface area contributed by atoms with Crippen LogP contribution in [0.5, 0.6) is 11.5 Å². The predicted molar refractivity (Wildman–Crippen MR) is 73.7 cm³/mol. The summed E-state index contributed by atoms with van der Waals surface area (Å²) in [5.74, 6) is -2.81. The van der Waals surface area contributed by atoms with Crippen LogP contribution in [0.1, 0.15) is 19.8 Å². The third kappa shape index (κ3) is 3.57. The number of ether oxygens (including phenoxy) is 1. The lowest BCUT2D eigenvalue weighted by Gasteiger charge is -2.17. The van der Waals surface area contributed by atoms with Gasteiger partial charge < -0.3 is 15.3 Å². The first-order valence-electron chi connectivity index (χ1n) is 6.23. The first-order chi connectivity index (χ1) is 10.6. The summed E-state index contributed by atoms with van der Waals surface area (Å²) in [6.45, 7) is 1.07.